The van der Waals surface area contributed by atoms with Gasteiger partial charge in [0, 0.05) is 22.3 Å². The van der Waals surface area contributed by atoms with Gasteiger partial charge in [-0.25, -0.2) is 4.70 Å². The zero-order valence-corrected chi connectivity index (χ0v) is 31.0. The Morgan fingerprint density at radius 2 is 0.844 bits per heavy atom. The van der Waals surface area contributed by atoms with Gasteiger partial charge in [-0.2, -0.15) is 13.8 Å². The molecule has 0 spiro atoms. The van der Waals surface area contributed by atoms with Crippen LogP contribution in [0.1, 0.15) is 167 Å². The van der Waals surface area contributed by atoms with Gasteiger partial charge in [0.2, 0.25) is 11.4 Å². The van der Waals surface area contributed by atoms with Gasteiger partial charge >= 0.3 is 16.5 Å². The summed E-state index contributed by atoms with van der Waals surface area (Å²) in [6.45, 7) is 19.1. The number of benzene rings is 2. The van der Waals surface area contributed by atoms with Gasteiger partial charge in [-0.05, 0) is 86.8 Å². The second-order valence-corrected chi connectivity index (χ2v) is 11.9. The van der Waals surface area contributed by atoms with Gasteiger partial charge in [0.25, 0.3) is 0 Å². The van der Waals surface area contributed by atoms with E-state index in [1.807, 2.05) is 0 Å². The average molecular weight is 658 g/mol. The van der Waals surface area contributed by atoms with E-state index in [4.69, 9.17) is 0 Å². The Kier molecular flexibility index (Phi) is 26.0. The van der Waals surface area contributed by atoms with Crippen LogP contribution >= 0.6 is 0 Å². The van der Waals surface area contributed by atoms with Crippen LogP contribution in [0.25, 0.3) is 16.9 Å². The number of nitrogens with zero attached hydrogens (tertiary/aromatic N) is 2. The molecule has 0 bridgehead atoms. The summed E-state index contributed by atoms with van der Waals surface area (Å²) in [6.07, 6.45) is 21.9. The van der Waals surface area contributed by atoms with Crippen LogP contribution < -0.4 is 0 Å². The van der Waals surface area contributed by atoms with Gasteiger partial charge in [0.1, 0.15) is 0 Å². The van der Waals surface area contributed by atoms with Crippen molar-refractivity contribution in [2.45, 2.75) is 157 Å². The van der Waals surface area contributed by atoms with Gasteiger partial charge in [0.05, 0.1) is 0 Å². The molecule has 0 radical (unpaired) electrons. The molecule has 3 rings (SSSR count). The first kappa shape index (κ1) is 43.0. The summed E-state index contributed by atoms with van der Waals surface area (Å²) >= 11 is 0. The van der Waals surface area contributed by atoms with Gasteiger partial charge in [-0.1, -0.05) is 116 Å². The van der Waals surface area contributed by atoms with E-state index < -0.39 is 0 Å². The maximum Gasteiger partial charge on any atom is 2.00 e. The molecule has 1 aliphatic heterocycles. The van der Waals surface area contributed by atoms with Crippen LogP contribution in [0.4, 0.5) is 0 Å². The first-order valence-corrected chi connectivity index (χ1v) is 18.2. The van der Waals surface area contributed by atoms with Crippen LogP contribution in [0, 0.1) is 13.8 Å². The Labute approximate surface area is 290 Å². The second-order valence-electron chi connectivity index (χ2n) is 11.9. The second kappa shape index (κ2) is 27.2. The minimum Gasteiger partial charge on any atom is -0.493 e. The quantitative estimate of drug-likeness (QED) is 0.0586. The van der Waals surface area contributed by atoms with E-state index in [0.717, 1.165) is 73.9 Å². The number of allylic oxidation sites excluding steroid dienone is 2. The molecular formula is C42H66N2Ni. The molecule has 2 aromatic rings. The molecule has 3 heteroatoms. The maximum absolute atomic E-state index is 11.9. The van der Waals surface area contributed by atoms with Crippen molar-refractivity contribution in [2.75, 3.05) is 0 Å². The van der Waals surface area contributed by atoms with Crippen LogP contribution in [0.2, 0.25) is 0 Å². The maximum atomic E-state index is 11.9. The van der Waals surface area contributed by atoms with Crippen LogP contribution in [0.5, 0.6) is 0 Å². The molecule has 45 heavy (non-hydrogen) atoms. The SMILES string of the molecule is CCCCCCCCc1cccc(C2=C(CCCC)C(CCCC)=C(c3cccc(CCCCCC)c3)[N+]2=[N-])c1.[CH2-]C.[CH2-]C.[Ni+2]. The first-order valence-electron chi connectivity index (χ1n) is 18.2. The Morgan fingerprint density at radius 3 is 1.24 bits per heavy atom. The van der Waals surface area contributed by atoms with Crippen molar-refractivity contribution in [3.8, 4) is 0 Å². The molecule has 0 saturated carbocycles. The molecule has 1 heterocycles. The van der Waals surface area contributed by atoms with Crippen molar-refractivity contribution in [1.82, 2.24) is 0 Å². The first-order chi connectivity index (χ1) is 21.6. The Bertz CT molecular complexity index is 1130. The summed E-state index contributed by atoms with van der Waals surface area (Å²) in [5.41, 5.74) is 21.8. The van der Waals surface area contributed by atoms with Crippen LogP contribution in [0.15, 0.2) is 59.7 Å². The molecule has 0 N–H and O–H groups in total. The van der Waals surface area contributed by atoms with Crippen molar-refractivity contribution in [3.05, 3.63) is 101 Å². The molecule has 0 saturated heterocycles. The van der Waals surface area contributed by atoms with Gasteiger partial charge in [-0.15, -0.1) is 0 Å². The minimum atomic E-state index is 0. The molecule has 0 fully saturated rings. The third kappa shape index (κ3) is 14.5. The monoisotopic (exact) mass is 656 g/mol. The predicted molar refractivity (Wildman–Crippen MR) is 196 cm³/mol. The van der Waals surface area contributed by atoms with Crippen molar-refractivity contribution in [3.63, 3.8) is 0 Å². The van der Waals surface area contributed by atoms with E-state index in [9.17, 15) is 5.53 Å². The zero-order chi connectivity index (χ0) is 32.6. The van der Waals surface area contributed by atoms with E-state index in [0.29, 0.717) is 0 Å². The van der Waals surface area contributed by atoms with Crippen molar-refractivity contribution >= 4 is 11.4 Å². The fourth-order valence-electron chi connectivity index (χ4n) is 6.11. The van der Waals surface area contributed by atoms with E-state index >= 15 is 0 Å². The van der Waals surface area contributed by atoms with Crippen molar-refractivity contribution in [1.29, 1.82) is 0 Å². The van der Waals surface area contributed by atoms with Gasteiger partial charge in [-0.3, -0.25) is 0 Å². The number of hydrogen-bond acceptors (Lipinski definition) is 0. The van der Waals surface area contributed by atoms with Crippen LogP contribution in [0.3, 0.4) is 0 Å². The van der Waals surface area contributed by atoms with Crippen LogP contribution in [-0.2, 0) is 29.3 Å². The van der Waals surface area contributed by atoms with Crippen molar-refractivity contribution in [2.24, 2.45) is 0 Å². The van der Waals surface area contributed by atoms with Crippen LogP contribution in [-0.4, -0.2) is 4.70 Å². The molecule has 0 atom stereocenters. The van der Waals surface area contributed by atoms with E-state index in [-0.39, 0.29) is 16.5 Å². The summed E-state index contributed by atoms with van der Waals surface area (Å²) in [4.78, 5) is 0. The Morgan fingerprint density at radius 1 is 0.489 bits per heavy atom. The number of aryl methyl sites for hydroxylation is 2. The fraction of sp³-hybridized carbons (Fsp3) is 0.571. The smallest absolute Gasteiger partial charge is 0.493 e. The predicted octanol–water partition coefficient (Wildman–Crippen LogP) is 13.9. The summed E-state index contributed by atoms with van der Waals surface area (Å²) in [6, 6.07) is 18.0. The third-order valence-electron chi connectivity index (χ3n) is 8.46. The molecule has 254 valence electrons. The standard InChI is InChI=1S/C38H56N2.2C2H5.Ni/c1-5-9-13-15-16-18-22-32-24-20-26-34(30-32)38-36(28-12-8-4)35(27-11-7-3)37(40(38)39)33-25-19-23-31(29-33)21-17-14-10-6-2;2*1-2;/h19-20,23-26,29-30H,5-18,21-22,27-28H2,1-4H3;2*1H2,2H3;/q;2*-1;+2. The molecule has 0 aliphatic carbocycles. The molecule has 2 nitrogen and oxygen atoms in total. The minimum absolute atomic E-state index is 0. The van der Waals surface area contributed by atoms with E-state index in [2.05, 4.69) is 90.1 Å². The van der Waals surface area contributed by atoms with Gasteiger partial charge < -0.3 is 19.4 Å². The summed E-state index contributed by atoms with van der Waals surface area (Å²) < 4.78 is 1.57. The summed E-state index contributed by atoms with van der Waals surface area (Å²) in [5, 5.41) is 0. The molecule has 0 amide bonds. The molecule has 2 aromatic carbocycles. The summed E-state index contributed by atoms with van der Waals surface area (Å²) in [5.74, 6) is 0. The largest absolute Gasteiger partial charge is 2.00 e. The molecular weight excluding hydrogens is 591 g/mol. The van der Waals surface area contributed by atoms with Crippen molar-refractivity contribution < 1.29 is 21.2 Å². The Balaban J connectivity index is 0.00000372. The number of unbranched alkanes of at least 4 members (excludes halogenated alkanes) is 10. The average Bonchev–Trinajstić information content (AvgIpc) is 3.35. The third-order valence-corrected chi connectivity index (χ3v) is 8.46. The van der Waals surface area contributed by atoms with E-state index in [1.165, 1.54) is 86.5 Å². The summed E-state index contributed by atoms with van der Waals surface area (Å²) in [7, 11) is 0. The zero-order valence-electron chi connectivity index (χ0n) is 30.0. The Hall–Kier alpha value is -1.99. The molecule has 0 unspecified atom stereocenters. The van der Waals surface area contributed by atoms with Gasteiger partial charge in [0.15, 0.2) is 0 Å². The fourth-order valence-corrected chi connectivity index (χ4v) is 6.11. The molecule has 0 aromatic heterocycles. The molecule has 1 aliphatic rings. The normalized spacial score (nSPS) is 12.4. The topological polar surface area (TPSA) is 25.3 Å². The number of hydrogen-bond donors (Lipinski definition) is 0. The number of rotatable bonds is 20. The van der Waals surface area contributed by atoms with E-state index in [1.54, 1.807) is 18.5 Å².